The molecule has 2 heterocycles. The molecule has 1 aliphatic heterocycles. The summed E-state index contributed by atoms with van der Waals surface area (Å²) < 4.78 is 6.66. The Morgan fingerprint density at radius 1 is 1.62 bits per heavy atom. The number of nitrogens with one attached hydrogen (secondary N) is 1. The Labute approximate surface area is 110 Å². The van der Waals surface area contributed by atoms with Crippen LogP contribution in [0.5, 0.6) is 0 Å². The lowest BCUT2D eigenvalue weighted by molar-refractivity contribution is 0.0494. The maximum Gasteiger partial charge on any atom is 0.0931 e. The van der Waals surface area contributed by atoms with E-state index in [2.05, 4.69) is 11.4 Å². The Kier molecular flexibility index (Phi) is 4.97. The number of likely N-dealkylation sites (N-methyl/N-ethyl adjacent to an activating group) is 1. The highest BCUT2D eigenvalue weighted by molar-refractivity contribution is 7.99. The van der Waals surface area contributed by atoms with Gasteiger partial charge in [-0.25, -0.2) is 0 Å². The average Bonchev–Trinajstić information content (AvgIpc) is 2.73. The van der Waals surface area contributed by atoms with Crippen LogP contribution >= 0.6 is 34.7 Å². The van der Waals surface area contributed by atoms with Crippen LogP contribution in [0.1, 0.15) is 4.88 Å². The Morgan fingerprint density at radius 3 is 3.06 bits per heavy atom. The molecule has 1 fully saturated rings. The molecule has 90 valence electrons. The van der Waals surface area contributed by atoms with Gasteiger partial charge in [-0.1, -0.05) is 11.6 Å². The second kappa shape index (κ2) is 6.26. The molecule has 0 aliphatic carbocycles. The first-order valence-corrected chi connectivity index (χ1v) is 7.75. The van der Waals surface area contributed by atoms with Gasteiger partial charge in [0.1, 0.15) is 0 Å². The van der Waals surface area contributed by atoms with Gasteiger partial charge in [-0.3, -0.25) is 0 Å². The van der Waals surface area contributed by atoms with Crippen molar-refractivity contribution >= 4 is 34.7 Å². The SMILES string of the molecule is CNC(Cc1ccc(Cl)s1)C1CSCCO1. The van der Waals surface area contributed by atoms with Gasteiger partial charge >= 0.3 is 0 Å². The van der Waals surface area contributed by atoms with Crippen molar-refractivity contribution in [2.75, 3.05) is 25.2 Å². The molecule has 0 bridgehead atoms. The molecule has 0 radical (unpaired) electrons. The molecule has 0 spiro atoms. The van der Waals surface area contributed by atoms with Crippen LogP contribution in [0.25, 0.3) is 0 Å². The molecule has 1 aromatic rings. The largest absolute Gasteiger partial charge is 0.375 e. The Morgan fingerprint density at radius 2 is 2.50 bits per heavy atom. The summed E-state index contributed by atoms with van der Waals surface area (Å²) in [6, 6.07) is 4.46. The third-order valence-electron chi connectivity index (χ3n) is 2.71. The summed E-state index contributed by atoms with van der Waals surface area (Å²) in [6.45, 7) is 0.874. The van der Waals surface area contributed by atoms with Crippen LogP contribution in [0.2, 0.25) is 4.34 Å². The molecule has 2 atom stereocenters. The van der Waals surface area contributed by atoms with Gasteiger partial charge in [0.15, 0.2) is 0 Å². The molecule has 0 aromatic carbocycles. The minimum atomic E-state index is 0.324. The predicted molar refractivity (Wildman–Crippen MR) is 72.9 cm³/mol. The lowest BCUT2D eigenvalue weighted by Crippen LogP contribution is -2.44. The van der Waals surface area contributed by atoms with Gasteiger partial charge in [0.25, 0.3) is 0 Å². The first-order valence-electron chi connectivity index (χ1n) is 5.40. The first kappa shape index (κ1) is 12.7. The van der Waals surface area contributed by atoms with E-state index >= 15 is 0 Å². The van der Waals surface area contributed by atoms with Crippen LogP contribution in [0.4, 0.5) is 0 Å². The fourth-order valence-corrected chi connectivity index (χ4v) is 3.92. The summed E-state index contributed by atoms with van der Waals surface area (Å²) in [5.41, 5.74) is 0. The molecule has 5 heteroatoms. The van der Waals surface area contributed by atoms with Gasteiger partial charge in [-0.15, -0.1) is 11.3 Å². The lowest BCUT2D eigenvalue weighted by atomic mass is 10.1. The second-order valence-corrected chi connectivity index (χ2v) is 6.74. The van der Waals surface area contributed by atoms with Crippen LogP contribution in [-0.2, 0) is 11.2 Å². The maximum atomic E-state index is 5.94. The molecule has 1 saturated heterocycles. The summed E-state index contributed by atoms with van der Waals surface area (Å²) in [5, 5.41) is 3.35. The molecule has 1 aliphatic rings. The van der Waals surface area contributed by atoms with Crippen molar-refractivity contribution in [1.29, 1.82) is 0 Å². The minimum absolute atomic E-state index is 0.324. The topological polar surface area (TPSA) is 21.3 Å². The van der Waals surface area contributed by atoms with Crippen molar-refractivity contribution < 1.29 is 4.74 Å². The maximum absolute atomic E-state index is 5.94. The molecule has 1 aromatic heterocycles. The highest BCUT2D eigenvalue weighted by Crippen LogP contribution is 2.24. The zero-order valence-electron chi connectivity index (χ0n) is 9.24. The number of hydrogen-bond acceptors (Lipinski definition) is 4. The van der Waals surface area contributed by atoms with E-state index < -0.39 is 0 Å². The Bertz CT molecular complexity index is 326. The third kappa shape index (κ3) is 3.37. The zero-order chi connectivity index (χ0) is 11.4. The molecular formula is C11H16ClNOS2. The number of rotatable bonds is 4. The van der Waals surface area contributed by atoms with Gasteiger partial charge in [-0.2, -0.15) is 11.8 Å². The number of thioether (sulfide) groups is 1. The van der Waals surface area contributed by atoms with Crippen LogP contribution in [0.3, 0.4) is 0 Å². The van der Waals surface area contributed by atoms with E-state index in [9.17, 15) is 0 Å². The molecule has 0 amide bonds. The third-order valence-corrected chi connectivity index (χ3v) is 4.98. The quantitative estimate of drug-likeness (QED) is 0.914. The van der Waals surface area contributed by atoms with Crippen molar-refractivity contribution in [3.8, 4) is 0 Å². The predicted octanol–water partition coefficient (Wildman–Crippen LogP) is 2.66. The Hall–Kier alpha value is 0.260. The fourth-order valence-electron chi connectivity index (χ4n) is 1.84. The van der Waals surface area contributed by atoms with Crippen molar-refractivity contribution in [3.63, 3.8) is 0 Å². The normalized spacial score (nSPS) is 23.2. The van der Waals surface area contributed by atoms with Gasteiger partial charge < -0.3 is 10.1 Å². The van der Waals surface area contributed by atoms with E-state index in [-0.39, 0.29) is 0 Å². The first-order chi connectivity index (χ1) is 7.79. The number of halogens is 1. The van der Waals surface area contributed by atoms with E-state index in [0.717, 1.165) is 28.9 Å². The smallest absolute Gasteiger partial charge is 0.0931 e. The fraction of sp³-hybridized carbons (Fsp3) is 0.636. The number of thiophene rings is 1. The molecule has 2 unspecified atom stereocenters. The van der Waals surface area contributed by atoms with Crippen molar-refractivity contribution in [1.82, 2.24) is 5.32 Å². The van der Waals surface area contributed by atoms with Crippen molar-refractivity contribution in [2.24, 2.45) is 0 Å². The van der Waals surface area contributed by atoms with Crippen LogP contribution in [0, 0.1) is 0 Å². The van der Waals surface area contributed by atoms with E-state index in [1.54, 1.807) is 11.3 Å². The van der Waals surface area contributed by atoms with Gasteiger partial charge in [0.2, 0.25) is 0 Å². The summed E-state index contributed by atoms with van der Waals surface area (Å²) in [5.74, 6) is 2.21. The van der Waals surface area contributed by atoms with Crippen LogP contribution < -0.4 is 5.32 Å². The summed E-state index contributed by atoms with van der Waals surface area (Å²) >= 11 is 9.57. The monoisotopic (exact) mass is 277 g/mol. The summed E-state index contributed by atoms with van der Waals surface area (Å²) in [6.07, 6.45) is 1.32. The van der Waals surface area contributed by atoms with Crippen LogP contribution in [-0.4, -0.2) is 37.3 Å². The lowest BCUT2D eigenvalue weighted by Gasteiger charge is -2.29. The summed E-state index contributed by atoms with van der Waals surface area (Å²) in [4.78, 5) is 1.32. The second-order valence-electron chi connectivity index (χ2n) is 3.79. The summed E-state index contributed by atoms with van der Waals surface area (Å²) in [7, 11) is 2.00. The number of hydrogen-bond donors (Lipinski definition) is 1. The minimum Gasteiger partial charge on any atom is -0.375 e. The van der Waals surface area contributed by atoms with Gasteiger partial charge in [0.05, 0.1) is 17.0 Å². The molecule has 2 nitrogen and oxygen atoms in total. The molecular weight excluding hydrogens is 262 g/mol. The Balaban J connectivity index is 1.94. The average molecular weight is 278 g/mol. The zero-order valence-corrected chi connectivity index (χ0v) is 11.6. The van der Waals surface area contributed by atoms with Gasteiger partial charge in [0, 0.05) is 22.4 Å². The molecule has 2 rings (SSSR count). The molecule has 1 N–H and O–H groups in total. The van der Waals surface area contributed by atoms with E-state index in [4.69, 9.17) is 16.3 Å². The molecule has 0 saturated carbocycles. The van der Waals surface area contributed by atoms with E-state index in [0.29, 0.717) is 12.1 Å². The van der Waals surface area contributed by atoms with Crippen molar-refractivity contribution in [2.45, 2.75) is 18.6 Å². The number of ether oxygens (including phenoxy) is 1. The van der Waals surface area contributed by atoms with Crippen LogP contribution in [0.15, 0.2) is 12.1 Å². The van der Waals surface area contributed by atoms with Gasteiger partial charge in [-0.05, 0) is 25.6 Å². The molecule has 16 heavy (non-hydrogen) atoms. The van der Waals surface area contributed by atoms with Crippen molar-refractivity contribution in [3.05, 3.63) is 21.3 Å². The highest BCUT2D eigenvalue weighted by Gasteiger charge is 2.24. The van der Waals surface area contributed by atoms with E-state index in [1.165, 1.54) is 4.88 Å². The highest BCUT2D eigenvalue weighted by atomic mass is 35.5. The standard InChI is InChI=1S/C11H16ClNOS2/c1-13-9(10-7-15-5-4-14-10)6-8-2-3-11(12)16-8/h2-3,9-10,13H,4-7H2,1H3. The van der Waals surface area contributed by atoms with E-state index in [1.807, 2.05) is 24.9 Å².